The Labute approximate surface area is 191 Å². The summed E-state index contributed by atoms with van der Waals surface area (Å²) in [5, 5.41) is 7.00. The highest BCUT2D eigenvalue weighted by molar-refractivity contribution is 5.92. The van der Waals surface area contributed by atoms with Gasteiger partial charge in [-0.15, -0.1) is 0 Å². The van der Waals surface area contributed by atoms with Crippen LogP contribution < -0.4 is 16.6 Å². The average Bonchev–Trinajstić information content (AvgIpc) is 2.84. The SMILES string of the molecule is Cc1ccccc1Cn1c(=O)c(C(=O)NC(C)c2ccccc2)nn(-c2ccccc2)c1=O. The van der Waals surface area contributed by atoms with Gasteiger partial charge in [-0.1, -0.05) is 72.8 Å². The van der Waals surface area contributed by atoms with E-state index in [4.69, 9.17) is 0 Å². The molecular formula is C26H24N4O3. The summed E-state index contributed by atoms with van der Waals surface area (Å²) in [6.45, 7) is 3.77. The summed E-state index contributed by atoms with van der Waals surface area (Å²) in [7, 11) is 0. The van der Waals surface area contributed by atoms with Gasteiger partial charge in [0.25, 0.3) is 11.5 Å². The summed E-state index contributed by atoms with van der Waals surface area (Å²) in [6, 6.07) is 25.3. The summed E-state index contributed by atoms with van der Waals surface area (Å²) in [4.78, 5) is 39.6. The Morgan fingerprint density at radius 2 is 1.52 bits per heavy atom. The number of benzene rings is 3. The minimum Gasteiger partial charge on any atom is -0.344 e. The number of hydrogen-bond donors (Lipinski definition) is 1. The zero-order valence-corrected chi connectivity index (χ0v) is 18.4. The fraction of sp³-hybridized carbons (Fsp3) is 0.154. The Morgan fingerprint density at radius 3 is 2.18 bits per heavy atom. The molecule has 0 bridgehead atoms. The second-order valence-electron chi connectivity index (χ2n) is 7.80. The normalized spacial score (nSPS) is 11.7. The zero-order chi connectivity index (χ0) is 23.4. The Kier molecular flexibility index (Phi) is 6.31. The van der Waals surface area contributed by atoms with Crippen molar-refractivity contribution < 1.29 is 4.79 Å². The number of carbonyl (C=O) groups is 1. The van der Waals surface area contributed by atoms with Crippen LogP contribution in [0.1, 0.15) is 40.1 Å². The van der Waals surface area contributed by atoms with Crippen molar-refractivity contribution in [3.63, 3.8) is 0 Å². The maximum Gasteiger partial charge on any atom is 0.352 e. The molecule has 7 heteroatoms. The topological polar surface area (TPSA) is 86.0 Å². The fourth-order valence-corrected chi connectivity index (χ4v) is 3.58. The molecule has 0 spiro atoms. The van der Waals surface area contributed by atoms with Crippen LogP contribution in [-0.2, 0) is 6.54 Å². The molecule has 166 valence electrons. The van der Waals surface area contributed by atoms with E-state index in [0.717, 1.165) is 25.9 Å². The molecule has 0 aliphatic carbocycles. The summed E-state index contributed by atoms with van der Waals surface area (Å²) in [5.74, 6) is -0.639. The molecule has 0 radical (unpaired) electrons. The van der Waals surface area contributed by atoms with Gasteiger partial charge in [-0.25, -0.2) is 4.79 Å². The number of rotatable bonds is 6. The molecule has 1 atom stereocenters. The smallest absolute Gasteiger partial charge is 0.344 e. The lowest BCUT2D eigenvalue weighted by molar-refractivity contribution is 0.0930. The van der Waals surface area contributed by atoms with E-state index in [0.29, 0.717) is 5.69 Å². The lowest BCUT2D eigenvalue weighted by atomic mass is 10.1. The molecular weight excluding hydrogens is 416 g/mol. The van der Waals surface area contributed by atoms with E-state index in [1.807, 2.05) is 74.5 Å². The van der Waals surface area contributed by atoms with E-state index in [-0.39, 0.29) is 18.3 Å². The molecule has 1 N–H and O–H groups in total. The van der Waals surface area contributed by atoms with Crippen LogP contribution in [-0.4, -0.2) is 20.3 Å². The van der Waals surface area contributed by atoms with Crippen molar-refractivity contribution in [2.45, 2.75) is 26.4 Å². The summed E-state index contributed by atoms with van der Waals surface area (Å²) >= 11 is 0. The standard InChI is InChI=1S/C26H24N4O3/c1-18-11-9-10-14-21(18)17-29-25(32)23(24(31)27-19(2)20-12-5-3-6-13-20)28-30(26(29)33)22-15-7-4-8-16-22/h3-16,19H,17H2,1-2H3,(H,27,31). The Bertz CT molecular complexity index is 1390. The highest BCUT2D eigenvalue weighted by Gasteiger charge is 2.22. The molecule has 3 aromatic carbocycles. The number of carbonyl (C=O) groups excluding carboxylic acids is 1. The molecule has 7 nitrogen and oxygen atoms in total. The van der Waals surface area contributed by atoms with Gasteiger partial charge in [0.2, 0.25) is 5.69 Å². The molecule has 0 fully saturated rings. The van der Waals surface area contributed by atoms with Gasteiger partial charge in [-0.3, -0.25) is 14.2 Å². The lowest BCUT2D eigenvalue weighted by Gasteiger charge is -2.16. The number of nitrogens with zero attached hydrogens (tertiary/aromatic N) is 3. The number of hydrogen-bond acceptors (Lipinski definition) is 4. The second-order valence-corrected chi connectivity index (χ2v) is 7.80. The molecule has 1 heterocycles. The molecule has 0 aliphatic rings. The third kappa shape index (κ3) is 4.67. The van der Waals surface area contributed by atoms with E-state index in [2.05, 4.69) is 10.4 Å². The van der Waals surface area contributed by atoms with Crippen molar-refractivity contribution in [1.29, 1.82) is 0 Å². The number of aromatic nitrogens is 3. The molecule has 4 rings (SSSR count). The largest absolute Gasteiger partial charge is 0.352 e. The monoisotopic (exact) mass is 440 g/mol. The Morgan fingerprint density at radius 1 is 0.909 bits per heavy atom. The number of para-hydroxylation sites is 1. The van der Waals surface area contributed by atoms with Gasteiger partial charge in [-0.05, 0) is 42.7 Å². The van der Waals surface area contributed by atoms with Crippen molar-refractivity contribution in [2.75, 3.05) is 0 Å². The van der Waals surface area contributed by atoms with Crippen LogP contribution in [0, 0.1) is 6.92 Å². The van der Waals surface area contributed by atoms with E-state index in [1.165, 1.54) is 0 Å². The van der Waals surface area contributed by atoms with Crippen LogP contribution in [0.25, 0.3) is 5.69 Å². The van der Waals surface area contributed by atoms with Crippen molar-refractivity contribution in [2.24, 2.45) is 0 Å². The minimum absolute atomic E-state index is 0.0359. The third-order valence-electron chi connectivity index (χ3n) is 5.51. The van der Waals surface area contributed by atoms with E-state index < -0.39 is 17.2 Å². The van der Waals surface area contributed by atoms with Gasteiger partial charge in [0, 0.05) is 0 Å². The summed E-state index contributed by atoms with van der Waals surface area (Å²) in [5.41, 5.74) is 1.43. The molecule has 33 heavy (non-hydrogen) atoms. The molecule has 4 aromatic rings. The van der Waals surface area contributed by atoms with Gasteiger partial charge < -0.3 is 5.32 Å². The van der Waals surface area contributed by atoms with Crippen LogP contribution >= 0.6 is 0 Å². The maximum atomic E-state index is 13.3. The van der Waals surface area contributed by atoms with Gasteiger partial charge in [-0.2, -0.15) is 9.78 Å². The number of amides is 1. The van der Waals surface area contributed by atoms with Gasteiger partial charge >= 0.3 is 5.69 Å². The third-order valence-corrected chi connectivity index (χ3v) is 5.51. The van der Waals surface area contributed by atoms with E-state index >= 15 is 0 Å². The van der Waals surface area contributed by atoms with Gasteiger partial charge in [0.05, 0.1) is 18.3 Å². The highest BCUT2D eigenvalue weighted by Crippen LogP contribution is 2.12. The van der Waals surface area contributed by atoms with Crippen LogP contribution in [0.2, 0.25) is 0 Å². The Balaban J connectivity index is 1.81. The number of nitrogens with one attached hydrogen (secondary N) is 1. The molecule has 1 aromatic heterocycles. The molecule has 0 saturated carbocycles. The van der Waals surface area contributed by atoms with Gasteiger partial charge in [0.1, 0.15) is 0 Å². The molecule has 0 saturated heterocycles. The van der Waals surface area contributed by atoms with E-state index in [9.17, 15) is 14.4 Å². The highest BCUT2D eigenvalue weighted by atomic mass is 16.2. The van der Waals surface area contributed by atoms with Crippen molar-refractivity contribution in [3.05, 3.63) is 128 Å². The minimum atomic E-state index is -0.729. The van der Waals surface area contributed by atoms with E-state index in [1.54, 1.807) is 24.3 Å². The summed E-state index contributed by atoms with van der Waals surface area (Å²) in [6.07, 6.45) is 0. The first kappa shape index (κ1) is 22.0. The van der Waals surface area contributed by atoms with Crippen LogP contribution in [0.4, 0.5) is 0 Å². The number of aryl methyl sites for hydroxylation is 1. The predicted octanol–water partition coefficient (Wildman–Crippen LogP) is 3.24. The quantitative estimate of drug-likeness (QED) is 0.499. The first-order chi connectivity index (χ1) is 16.0. The fourth-order valence-electron chi connectivity index (χ4n) is 3.58. The Hall–Kier alpha value is -4.26. The lowest BCUT2D eigenvalue weighted by Crippen LogP contribution is -2.46. The van der Waals surface area contributed by atoms with Crippen molar-refractivity contribution in [3.8, 4) is 5.69 Å². The molecule has 0 aliphatic heterocycles. The first-order valence-electron chi connectivity index (χ1n) is 10.7. The average molecular weight is 441 g/mol. The first-order valence-corrected chi connectivity index (χ1v) is 10.7. The van der Waals surface area contributed by atoms with Gasteiger partial charge in [0.15, 0.2) is 0 Å². The van der Waals surface area contributed by atoms with Crippen molar-refractivity contribution in [1.82, 2.24) is 19.7 Å². The zero-order valence-electron chi connectivity index (χ0n) is 18.4. The van der Waals surface area contributed by atoms with Crippen LogP contribution in [0.3, 0.4) is 0 Å². The maximum absolute atomic E-state index is 13.3. The summed E-state index contributed by atoms with van der Waals surface area (Å²) < 4.78 is 2.16. The molecule has 1 amide bonds. The van der Waals surface area contributed by atoms with Crippen LogP contribution in [0.15, 0.2) is 94.5 Å². The molecule has 1 unspecified atom stereocenters. The van der Waals surface area contributed by atoms with Crippen molar-refractivity contribution >= 4 is 5.91 Å². The predicted molar refractivity (Wildman–Crippen MR) is 127 cm³/mol. The van der Waals surface area contributed by atoms with Crippen LogP contribution in [0.5, 0.6) is 0 Å². The second kappa shape index (κ2) is 9.48.